The van der Waals surface area contributed by atoms with Gasteiger partial charge in [0.1, 0.15) is 0 Å². The Kier molecular flexibility index (Phi) is 5.22. The van der Waals surface area contributed by atoms with Crippen molar-refractivity contribution in [2.75, 3.05) is 26.4 Å². The number of hydrogen-bond donors (Lipinski definition) is 0. The largest absolute Gasteiger partial charge is 0.381 e. The van der Waals surface area contributed by atoms with Crippen molar-refractivity contribution in [1.29, 1.82) is 0 Å². The normalized spacial score (nSPS) is 19.2. The van der Waals surface area contributed by atoms with E-state index in [1.165, 1.54) is 18.5 Å². The van der Waals surface area contributed by atoms with Crippen molar-refractivity contribution in [3.63, 3.8) is 0 Å². The molecule has 0 saturated carbocycles. The van der Waals surface area contributed by atoms with E-state index in [1.807, 2.05) is 0 Å². The lowest BCUT2D eigenvalue weighted by molar-refractivity contribution is -0.149. The van der Waals surface area contributed by atoms with E-state index in [9.17, 15) is 0 Å². The van der Waals surface area contributed by atoms with Crippen LogP contribution in [0.2, 0.25) is 25.2 Å². The summed E-state index contributed by atoms with van der Waals surface area (Å²) in [4.78, 5) is 0. The summed E-state index contributed by atoms with van der Waals surface area (Å²) >= 11 is 0. The second-order valence-electron chi connectivity index (χ2n) is 5.81. The van der Waals surface area contributed by atoms with Crippen LogP contribution in [0.4, 0.5) is 0 Å². The summed E-state index contributed by atoms with van der Waals surface area (Å²) < 4.78 is 11.1. The van der Waals surface area contributed by atoms with Crippen LogP contribution < -0.4 is 0 Å². The Morgan fingerprint density at radius 2 is 2.12 bits per heavy atom. The number of rotatable bonds is 8. The maximum atomic E-state index is 5.83. The molecule has 1 aliphatic heterocycles. The molecule has 1 fully saturated rings. The SMILES string of the molecule is C=CC[Si](C)(C)CCOCC1(CC)COC1. The van der Waals surface area contributed by atoms with Crippen molar-refractivity contribution in [1.82, 2.24) is 0 Å². The summed E-state index contributed by atoms with van der Waals surface area (Å²) in [7, 11) is -1.08. The molecule has 0 N–H and O–H groups in total. The fourth-order valence-electron chi connectivity index (χ4n) is 1.91. The van der Waals surface area contributed by atoms with Gasteiger partial charge in [-0.15, -0.1) is 6.58 Å². The highest BCUT2D eigenvalue weighted by Crippen LogP contribution is 2.31. The molecule has 1 aliphatic rings. The Hall–Kier alpha value is -0.123. The zero-order valence-corrected chi connectivity index (χ0v) is 12.1. The van der Waals surface area contributed by atoms with E-state index in [4.69, 9.17) is 9.47 Å². The van der Waals surface area contributed by atoms with E-state index < -0.39 is 8.07 Å². The van der Waals surface area contributed by atoms with Crippen molar-refractivity contribution >= 4 is 8.07 Å². The zero-order chi connectivity index (χ0) is 12.1. The molecule has 0 radical (unpaired) electrons. The molecule has 0 atom stereocenters. The lowest BCUT2D eigenvalue weighted by Crippen LogP contribution is -2.46. The first-order valence-corrected chi connectivity index (χ1v) is 9.71. The molecule has 0 unspecified atom stereocenters. The Labute approximate surface area is 101 Å². The van der Waals surface area contributed by atoms with Crippen molar-refractivity contribution in [3.05, 3.63) is 12.7 Å². The van der Waals surface area contributed by atoms with Crippen molar-refractivity contribution < 1.29 is 9.47 Å². The minimum Gasteiger partial charge on any atom is -0.381 e. The molecule has 1 rings (SSSR count). The molecule has 94 valence electrons. The number of allylic oxidation sites excluding steroid dienone is 1. The van der Waals surface area contributed by atoms with Gasteiger partial charge in [0.05, 0.1) is 27.9 Å². The minimum atomic E-state index is -1.08. The highest BCUT2D eigenvalue weighted by atomic mass is 28.3. The Morgan fingerprint density at radius 3 is 2.56 bits per heavy atom. The monoisotopic (exact) mass is 242 g/mol. The zero-order valence-electron chi connectivity index (χ0n) is 11.1. The van der Waals surface area contributed by atoms with E-state index >= 15 is 0 Å². The molecule has 0 aromatic rings. The van der Waals surface area contributed by atoms with Gasteiger partial charge in [-0.2, -0.15) is 0 Å². The van der Waals surface area contributed by atoms with E-state index in [1.54, 1.807) is 0 Å². The first kappa shape index (κ1) is 13.9. The van der Waals surface area contributed by atoms with E-state index in [2.05, 4.69) is 32.7 Å². The Morgan fingerprint density at radius 1 is 1.44 bits per heavy atom. The predicted octanol–water partition coefficient (Wildman–Crippen LogP) is 3.32. The van der Waals surface area contributed by atoms with Gasteiger partial charge in [0.2, 0.25) is 0 Å². The first-order valence-electron chi connectivity index (χ1n) is 6.30. The molecule has 16 heavy (non-hydrogen) atoms. The van der Waals surface area contributed by atoms with Gasteiger partial charge in [0.25, 0.3) is 0 Å². The summed E-state index contributed by atoms with van der Waals surface area (Å²) in [6.07, 6.45) is 3.22. The quantitative estimate of drug-likeness (QED) is 0.369. The van der Waals surface area contributed by atoms with Crippen LogP contribution in [0.25, 0.3) is 0 Å². The van der Waals surface area contributed by atoms with Crippen LogP contribution in [0.1, 0.15) is 13.3 Å². The van der Waals surface area contributed by atoms with E-state index in [-0.39, 0.29) is 0 Å². The molecule has 0 bridgehead atoms. The van der Waals surface area contributed by atoms with Crippen LogP contribution in [0, 0.1) is 5.41 Å². The summed E-state index contributed by atoms with van der Waals surface area (Å²) in [6.45, 7) is 14.4. The molecule has 0 amide bonds. The third-order valence-electron chi connectivity index (χ3n) is 3.59. The number of ether oxygens (including phenoxy) is 2. The minimum absolute atomic E-state index is 0.337. The summed E-state index contributed by atoms with van der Waals surface area (Å²) in [5.41, 5.74) is 0.337. The first-order chi connectivity index (χ1) is 7.54. The van der Waals surface area contributed by atoms with Gasteiger partial charge in [-0.05, 0) is 18.5 Å². The standard InChI is InChI=1S/C13H26O2Si/c1-5-8-16(3,4)9-7-14-10-13(6-2)11-15-12-13/h5H,1,6-12H2,2-4H3. The maximum Gasteiger partial charge on any atom is 0.0566 e. The molecular weight excluding hydrogens is 216 g/mol. The van der Waals surface area contributed by atoms with Crippen LogP contribution in [0.15, 0.2) is 12.7 Å². The second kappa shape index (κ2) is 5.99. The van der Waals surface area contributed by atoms with Crippen LogP contribution in [0.3, 0.4) is 0 Å². The van der Waals surface area contributed by atoms with Gasteiger partial charge in [0.15, 0.2) is 0 Å². The smallest absolute Gasteiger partial charge is 0.0566 e. The highest BCUT2D eigenvalue weighted by molar-refractivity contribution is 6.77. The van der Waals surface area contributed by atoms with Crippen LogP contribution >= 0.6 is 0 Å². The molecule has 1 saturated heterocycles. The molecule has 0 aromatic carbocycles. The summed E-state index contributed by atoms with van der Waals surface area (Å²) in [5.74, 6) is 0. The molecule has 0 spiro atoms. The van der Waals surface area contributed by atoms with Crippen LogP contribution in [-0.2, 0) is 9.47 Å². The Balaban J connectivity index is 2.13. The van der Waals surface area contributed by atoms with Gasteiger partial charge >= 0.3 is 0 Å². The highest BCUT2D eigenvalue weighted by Gasteiger charge is 2.37. The molecule has 3 heteroatoms. The van der Waals surface area contributed by atoms with Crippen LogP contribution in [0.5, 0.6) is 0 Å². The lowest BCUT2D eigenvalue weighted by atomic mass is 9.84. The average Bonchev–Trinajstić information content (AvgIpc) is 2.15. The average molecular weight is 242 g/mol. The van der Waals surface area contributed by atoms with Gasteiger partial charge in [-0.25, -0.2) is 0 Å². The molecule has 0 aliphatic carbocycles. The summed E-state index contributed by atoms with van der Waals surface area (Å²) in [5, 5.41) is 0. The maximum absolute atomic E-state index is 5.83. The third-order valence-corrected chi connectivity index (χ3v) is 6.55. The van der Waals surface area contributed by atoms with Gasteiger partial charge < -0.3 is 9.47 Å². The molecule has 0 aromatic heterocycles. The fourth-order valence-corrected chi connectivity index (χ4v) is 3.59. The van der Waals surface area contributed by atoms with Crippen molar-refractivity contribution in [2.24, 2.45) is 5.41 Å². The molecular formula is C13H26O2Si. The third kappa shape index (κ3) is 4.04. The topological polar surface area (TPSA) is 18.5 Å². The van der Waals surface area contributed by atoms with E-state index in [0.717, 1.165) is 26.4 Å². The van der Waals surface area contributed by atoms with Crippen molar-refractivity contribution in [3.8, 4) is 0 Å². The summed E-state index contributed by atoms with van der Waals surface area (Å²) in [6, 6.07) is 2.43. The molecule has 2 nitrogen and oxygen atoms in total. The van der Waals surface area contributed by atoms with Gasteiger partial charge in [0, 0.05) is 12.0 Å². The fraction of sp³-hybridized carbons (Fsp3) is 0.846. The van der Waals surface area contributed by atoms with Crippen LogP contribution in [-0.4, -0.2) is 34.5 Å². The second-order valence-corrected chi connectivity index (χ2v) is 11.0. The van der Waals surface area contributed by atoms with Crippen molar-refractivity contribution in [2.45, 2.75) is 38.5 Å². The lowest BCUT2D eigenvalue weighted by Gasteiger charge is -2.40. The van der Waals surface area contributed by atoms with Gasteiger partial charge in [-0.1, -0.05) is 26.1 Å². The Bertz CT molecular complexity index is 216. The predicted molar refractivity (Wildman–Crippen MR) is 71.7 cm³/mol. The van der Waals surface area contributed by atoms with E-state index in [0.29, 0.717) is 5.41 Å². The molecule has 1 heterocycles. The van der Waals surface area contributed by atoms with Gasteiger partial charge in [-0.3, -0.25) is 0 Å². The number of hydrogen-bond acceptors (Lipinski definition) is 2.